The summed E-state index contributed by atoms with van der Waals surface area (Å²) in [5.74, 6) is -0.194. The molecule has 0 saturated heterocycles. The summed E-state index contributed by atoms with van der Waals surface area (Å²) in [4.78, 5) is 12.5. The molecular formula is C18H13Cl2FN2O3. The highest BCUT2D eigenvalue weighted by molar-refractivity contribution is 6.44. The van der Waals surface area contributed by atoms with E-state index in [0.29, 0.717) is 27.8 Å². The van der Waals surface area contributed by atoms with Gasteiger partial charge in [0.2, 0.25) is 0 Å². The van der Waals surface area contributed by atoms with E-state index >= 15 is 0 Å². The van der Waals surface area contributed by atoms with E-state index < -0.39 is 11.7 Å². The van der Waals surface area contributed by atoms with Crippen LogP contribution in [0.2, 0.25) is 10.0 Å². The SMILES string of the molecule is Cc1onc(C(=O)Nc2cccc(Cl)c2Cl)c1COc1cccc(F)c1. The van der Waals surface area contributed by atoms with E-state index in [1.165, 1.54) is 18.2 Å². The number of halogens is 3. The fourth-order valence-electron chi connectivity index (χ4n) is 2.23. The third kappa shape index (κ3) is 3.98. The molecule has 3 rings (SSSR count). The van der Waals surface area contributed by atoms with Gasteiger partial charge in [-0.15, -0.1) is 0 Å². The maximum Gasteiger partial charge on any atom is 0.278 e. The predicted molar refractivity (Wildman–Crippen MR) is 96.4 cm³/mol. The van der Waals surface area contributed by atoms with Gasteiger partial charge in [-0.3, -0.25) is 4.79 Å². The van der Waals surface area contributed by atoms with Crippen molar-refractivity contribution in [1.82, 2.24) is 5.16 Å². The molecule has 0 radical (unpaired) electrons. The van der Waals surface area contributed by atoms with Crippen molar-refractivity contribution < 1.29 is 18.4 Å². The van der Waals surface area contributed by atoms with Crippen LogP contribution >= 0.6 is 23.2 Å². The molecular weight excluding hydrogens is 382 g/mol. The molecule has 3 aromatic rings. The number of carbonyl (C=O) groups is 1. The average Bonchev–Trinajstić information content (AvgIpc) is 2.98. The monoisotopic (exact) mass is 394 g/mol. The van der Waals surface area contributed by atoms with E-state index in [0.717, 1.165) is 0 Å². The number of aromatic nitrogens is 1. The number of anilines is 1. The molecule has 1 heterocycles. The molecule has 5 nitrogen and oxygen atoms in total. The molecule has 1 N–H and O–H groups in total. The van der Waals surface area contributed by atoms with Crippen molar-refractivity contribution in [2.24, 2.45) is 0 Å². The van der Waals surface area contributed by atoms with Crippen LogP contribution in [0.3, 0.4) is 0 Å². The molecule has 8 heteroatoms. The Morgan fingerprint density at radius 2 is 2.04 bits per heavy atom. The molecule has 0 bridgehead atoms. The van der Waals surface area contributed by atoms with E-state index in [1.807, 2.05) is 0 Å². The Hall–Kier alpha value is -2.57. The zero-order valence-electron chi connectivity index (χ0n) is 13.6. The van der Waals surface area contributed by atoms with Gasteiger partial charge < -0.3 is 14.6 Å². The zero-order valence-corrected chi connectivity index (χ0v) is 15.1. The van der Waals surface area contributed by atoms with Gasteiger partial charge in [0.15, 0.2) is 5.69 Å². The number of rotatable bonds is 5. The van der Waals surface area contributed by atoms with Gasteiger partial charge in [-0.05, 0) is 31.2 Å². The largest absolute Gasteiger partial charge is 0.489 e. The molecule has 0 aliphatic heterocycles. The Morgan fingerprint density at radius 1 is 1.27 bits per heavy atom. The average molecular weight is 395 g/mol. The van der Waals surface area contributed by atoms with Gasteiger partial charge >= 0.3 is 0 Å². The summed E-state index contributed by atoms with van der Waals surface area (Å²) < 4.78 is 23.9. The van der Waals surface area contributed by atoms with Gasteiger partial charge in [-0.25, -0.2) is 4.39 Å². The van der Waals surface area contributed by atoms with Gasteiger partial charge in [-0.2, -0.15) is 0 Å². The fraction of sp³-hybridized carbons (Fsp3) is 0.111. The zero-order chi connectivity index (χ0) is 18.7. The first kappa shape index (κ1) is 18.2. The molecule has 26 heavy (non-hydrogen) atoms. The van der Waals surface area contributed by atoms with Crippen LogP contribution in [-0.2, 0) is 6.61 Å². The lowest BCUT2D eigenvalue weighted by Gasteiger charge is -2.09. The van der Waals surface area contributed by atoms with Crippen LogP contribution in [0, 0.1) is 12.7 Å². The fourth-order valence-corrected chi connectivity index (χ4v) is 2.58. The molecule has 0 aliphatic carbocycles. The molecule has 0 spiro atoms. The summed E-state index contributed by atoms with van der Waals surface area (Å²) in [6.07, 6.45) is 0. The number of hydrogen-bond acceptors (Lipinski definition) is 4. The molecule has 1 amide bonds. The first-order valence-electron chi connectivity index (χ1n) is 7.54. The maximum atomic E-state index is 13.2. The highest BCUT2D eigenvalue weighted by Gasteiger charge is 2.21. The van der Waals surface area contributed by atoms with Crippen LogP contribution in [0.1, 0.15) is 21.8 Å². The molecule has 0 saturated carbocycles. The number of carbonyl (C=O) groups excluding carboxylic acids is 1. The lowest BCUT2D eigenvalue weighted by molar-refractivity contribution is 0.101. The Morgan fingerprint density at radius 3 is 2.81 bits per heavy atom. The number of nitrogens with zero attached hydrogens (tertiary/aromatic N) is 1. The van der Waals surface area contributed by atoms with Crippen molar-refractivity contribution in [3.8, 4) is 5.75 Å². The third-order valence-electron chi connectivity index (χ3n) is 3.58. The first-order valence-corrected chi connectivity index (χ1v) is 8.30. The molecule has 0 unspecified atom stereocenters. The van der Waals surface area contributed by atoms with Crippen molar-refractivity contribution in [2.45, 2.75) is 13.5 Å². The summed E-state index contributed by atoms with van der Waals surface area (Å²) in [6.45, 7) is 1.64. The molecule has 0 fully saturated rings. The summed E-state index contributed by atoms with van der Waals surface area (Å²) in [6, 6.07) is 10.6. The Balaban J connectivity index is 1.78. The number of ether oxygens (including phenoxy) is 1. The summed E-state index contributed by atoms with van der Waals surface area (Å²) >= 11 is 12.0. The van der Waals surface area contributed by atoms with Crippen LogP contribution in [-0.4, -0.2) is 11.1 Å². The van der Waals surface area contributed by atoms with Crippen molar-refractivity contribution in [3.05, 3.63) is 75.3 Å². The molecule has 0 aliphatic rings. The normalized spacial score (nSPS) is 10.6. The minimum absolute atomic E-state index is 0.00911. The van der Waals surface area contributed by atoms with Crippen LogP contribution in [0.15, 0.2) is 47.0 Å². The second-order valence-electron chi connectivity index (χ2n) is 5.37. The van der Waals surface area contributed by atoms with Gasteiger partial charge in [0.25, 0.3) is 5.91 Å². The van der Waals surface area contributed by atoms with Gasteiger partial charge in [0.1, 0.15) is 23.9 Å². The quantitative estimate of drug-likeness (QED) is 0.640. The van der Waals surface area contributed by atoms with Gasteiger partial charge in [0.05, 0.1) is 21.3 Å². The van der Waals surface area contributed by atoms with Gasteiger partial charge in [0, 0.05) is 6.07 Å². The topological polar surface area (TPSA) is 64.4 Å². The van der Waals surface area contributed by atoms with Crippen molar-refractivity contribution in [3.63, 3.8) is 0 Å². The van der Waals surface area contributed by atoms with Crippen LogP contribution < -0.4 is 10.1 Å². The molecule has 0 atom stereocenters. The molecule has 134 valence electrons. The molecule has 2 aromatic carbocycles. The van der Waals surface area contributed by atoms with Crippen molar-refractivity contribution >= 4 is 34.8 Å². The van der Waals surface area contributed by atoms with E-state index in [2.05, 4.69) is 10.5 Å². The lowest BCUT2D eigenvalue weighted by Crippen LogP contribution is -2.15. The minimum atomic E-state index is -0.524. The minimum Gasteiger partial charge on any atom is -0.489 e. The highest BCUT2D eigenvalue weighted by atomic mass is 35.5. The van der Waals surface area contributed by atoms with E-state index in [4.69, 9.17) is 32.5 Å². The summed E-state index contributed by atoms with van der Waals surface area (Å²) in [5, 5.41) is 6.95. The van der Waals surface area contributed by atoms with E-state index in [-0.39, 0.29) is 17.3 Å². The van der Waals surface area contributed by atoms with Crippen LogP contribution in [0.25, 0.3) is 0 Å². The number of aryl methyl sites for hydroxylation is 1. The lowest BCUT2D eigenvalue weighted by atomic mass is 10.2. The van der Waals surface area contributed by atoms with Crippen LogP contribution in [0.5, 0.6) is 5.75 Å². The Bertz CT molecular complexity index is 959. The van der Waals surface area contributed by atoms with Crippen LogP contribution in [0.4, 0.5) is 10.1 Å². The predicted octanol–water partition coefficient (Wildman–Crippen LogP) is 5.26. The Labute approximate surface area is 158 Å². The smallest absolute Gasteiger partial charge is 0.278 e. The number of nitrogens with one attached hydrogen (secondary N) is 1. The first-order chi connectivity index (χ1) is 12.5. The van der Waals surface area contributed by atoms with E-state index in [1.54, 1.807) is 31.2 Å². The second kappa shape index (κ2) is 7.76. The number of hydrogen-bond donors (Lipinski definition) is 1. The third-order valence-corrected chi connectivity index (χ3v) is 4.40. The number of amides is 1. The van der Waals surface area contributed by atoms with E-state index in [9.17, 15) is 9.18 Å². The Kier molecular flexibility index (Phi) is 5.44. The van der Waals surface area contributed by atoms with Crippen molar-refractivity contribution in [1.29, 1.82) is 0 Å². The summed E-state index contributed by atoms with van der Waals surface area (Å²) in [5.41, 5.74) is 0.849. The summed E-state index contributed by atoms with van der Waals surface area (Å²) in [7, 11) is 0. The standard InChI is InChI=1S/C18H13Cl2FN2O3/c1-10-13(9-25-12-5-2-4-11(21)8-12)17(23-26-10)18(24)22-15-7-3-6-14(19)16(15)20/h2-8H,9H2,1H3,(H,22,24). The molecule has 1 aromatic heterocycles. The maximum absolute atomic E-state index is 13.2. The highest BCUT2D eigenvalue weighted by Crippen LogP contribution is 2.30. The van der Waals surface area contributed by atoms with Crippen molar-refractivity contribution in [2.75, 3.05) is 5.32 Å². The van der Waals surface area contributed by atoms with Gasteiger partial charge in [-0.1, -0.05) is 40.5 Å². The second-order valence-corrected chi connectivity index (χ2v) is 6.15. The number of benzene rings is 2.